The van der Waals surface area contributed by atoms with Crippen molar-refractivity contribution >= 4 is 0 Å². The van der Waals surface area contributed by atoms with Gasteiger partial charge in [-0.15, -0.1) is 0 Å². The highest BCUT2D eigenvalue weighted by atomic mass is 16.5. The molecule has 0 amide bonds. The topological polar surface area (TPSA) is 12.5 Å². The Kier molecular flexibility index (Phi) is 4.43. The highest BCUT2D eigenvalue weighted by Crippen LogP contribution is 2.39. The first-order valence-electron chi connectivity index (χ1n) is 9.20. The number of piperidine rings is 1. The minimum atomic E-state index is 0.0419. The highest BCUT2D eigenvalue weighted by molar-refractivity contribution is 5.35. The summed E-state index contributed by atoms with van der Waals surface area (Å²) in [5, 5.41) is 0. The molecule has 2 bridgehead atoms. The molecule has 0 aliphatic carbocycles. The summed E-state index contributed by atoms with van der Waals surface area (Å²) in [4.78, 5) is 2.57. The number of hydrogen-bond acceptors (Lipinski definition) is 2. The largest absolute Gasteiger partial charge is 0.365 e. The molecule has 2 nitrogen and oxygen atoms in total. The fourth-order valence-corrected chi connectivity index (χ4v) is 4.51. The molecule has 2 aromatic rings. The van der Waals surface area contributed by atoms with Crippen LogP contribution < -0.4 is 0 Å². The second-order valence-corrected chi connectivity index (χ2v) is 7.43. The quantitative estimate of drug-likeness (QED) is 0.807. The fourth-order valence-electron chi connectivity index (χ4n) is 4.51. The molecule has 0 aromatic heterocycles. The Bertz CT molecular complexity index is 669. The van der Waals surface area contributed by atoms with Crippen LogP contribution in [0, 0.1) is 6.92 Å². The van der Waals surface area contributed by atoms with Crippen molar-refractivity contribution in [1.29, 1.82) is 0 Å². The summed E-state index contributed by atoms with van der Waals surface area (Å²) >= 11 is 0. The van der Waals surface area contributed by atoms with Gasteiger partial charge in [0.15, 0.2) is 0 Å². The SMILES string of the molecule is Cc1ccccc1C(OC1CC2CCC(C1)N2C)c1ccccc1. The summed E-state index contributed by atoms with van der Waals surface area (Å²) in [5.74, 6) is 0. The number of ether oxygens (including phenoxy) is 1. The van der Waals surface area contributed by atoms with E-state index in [4.69, 9.17) is 4.74 Å². The lowest BCUT2D eigenvalue weighted by molar-refractivity contribution is -0.0428. The average molecular weight is 321 g/mol. The molecule has 0 saturated carbocycles. The molecule has 2 aromatic carbocycles. The van der Waals surface area contributed by atoms with Crippen molar-refractivity contribution < 1.29 is 4.74 Å². The maximum atomic E-state index is 6.75. The van der Waals surface area contributed by atoms with Gasteiger partial charge in [0.25, 0.3) is 0 Å². The van der Waals surface area contributed by atoms with E-state index >= 15 is 0 Å². The predicted molar refractivity (Wildman–Crippen MR) is 98.1 cm³/mol. The Morgan fingerprint density at radius 2 is 1.54 bits per heavy atom. The van der Waals surface area contributed by atoms with E-state index in [-0.39, 0.29) is 6.10 Å². The van der Waals surface area contributed by atoms with Crippen LogP contribution in [0.2, 0.25) is 0 Å². The van der Waals surface area contributed by atoms with Crippen LogP contribution in [0.1, 0.15) is 48.5 Å². The predicted octanol–water partition coefficient (Wildman–Crippen LogP) is 4.73. The van der Waals surface area contributed by atoms with Crippen molar-refractivity contribution in [3.63, 3.8) is 0 Å². The van der Waals surface area contributed by atoms with Gasteiger partial charge in [0.1, 0.15) is 6.10 Å². The number of fused-ring (bicyclic) bond motifs is 2. The zero-order valence-corrected chi connectivity index (χ0v) is 14.7. The monoisotopic (exact) mass is 321 g/mol. The van der Waals surface area contributed by atoms with Crippen LogP contribution >= 0.6 is 0 Å². The minimum absolute atomic E-state index is 0.0419. The second kappa shape index (κ2) is 6.70. The van der Waals surface area contributed by atoms with Crippen LogP contribution in [0.15, 0.2) is 54.6 Å². The van der Waals surface area contributed by atoms with Gasteiger partial charge in [0.05, 0.1) is 6.10 Å². The van der Waals surface area contributed by atoms with Crippen molar-refractivity contribution in [2.24, 2.45) is 0 Å². The smallest absolute Gasteiger partial charge is 0.108 e. The number of rotatable bonds is 4. The maximum absolute atomic E-state index is 6.75. The molecule has 2 heteroatoms. The molecule has 0 spiro atoms. The molecule has 2 heterocycles. The van der Waals surface area contributed by atoms with Crippen molar-refractivity contribution in [2.75, 3.05) is 7.05 Å². The molecule has 3 unspecified atom stereocenters. The Hall–Kier alpha value is -1.64. The molecule has 0 radical (unpaired) electrons. The molecule has 0 N–H and O–H groups in total. The number of nitrogens with zero attached hydrogens (tertiary/aromatic N) is 1. The molecule has 2 aliphatic rings. The third kappa shape index (κ3) is 3.01. The van der Waals surface area contributed by atoms with Crippen molar-refractivity contribution in [3.8, 4) is 0 Å². The zero-order valence-electron chi connectivity index (χ0n) is 14.7. The summed E-state index contributed by atoms with van der Waals surface area (Å²) in [7, 11) is 2.29. The van der Waals surface area contributed by atoms with Crippen LogP contribution in [-0.2, 0) is 4.74 Å². The van der Waals surface area contributed by atoms with Gasteiger partial charge in [-0.25, -0.2) is 0 Å². The van der Waals surface area contributed by atoms with Gasteiger partial charge < -0.3 is 9.64 Å². The zero-order chi connectivity index (χ0) is 16.5. The lowest BCUT2D eigenvalue weighted by Crippen LogP contribution is -2.43. The number of aryl methyl sites for hydroxylation is 1. The highest BCUT2D eigenvalue weighted by Gasteiger charge is 2.39. The van der Waals surface area contributed by atoms with E-state index in [9.17, 15) is 0 Å². The molecule has 4 rings (SSSR count). The standard InChI is InChI=1S/C22H27NO/c1-16-8-6-7-11-21(16)22(17-9-4-3-5-10-17)24-20-14-18-12-13-19(15-20)23(18)2/h3-11,18-20,22H,12-15H2,1-2H3. The number of benzene rings is 2. The average Bonchev–Trinajstić information content (AvgIpc) is 2.83. The molecule has 126 valence electrons. The molecule has 2 aliphatic heterocycles. The van der Waals surface area contributed by atoms with Crippen molar-refractivity contribution in [1.82, 2.24) is 4.90 Å². The van der Waals surface area contributed by atoms with Gasteiger partial charge in [-0.3, -0.25) is 0 Å². The van der Waals surface area contributed by atoms with Crippen molar-refractivity contribution in [3.05, 3.63) is 71.3 Å². The Labute approximate surface area is 145 Å². The van der Waals surface area contributed by atoms with E-state index in [1.807, 2.05) is 0 Å². The van der Waals surface area contributed by atoms with Crippen LogP contribution in [0.4, 0.5) is 0 Å². The van der Waals surface area contributed by atoms with Gasteiger partial charge in [-0.05, 0) is 56.3 Å². The Morgan fingerprint density at radius 3 is 2.21 bits per heavy atom. The molecule has 3 atom stereocenters. The molecular weight excluding hydrogens is 294 g/mol. The van der Waals surface area contributed by atoms with Crippen LogP contribution in [0.3, 0.4) is 0 Å². The van der Waals surface area contributed by atoms with E-state index in [1.165, 1.54) is 42.4 Å². The van der Waals surface area contributed by atoms with E-state index in [0.29, 0.717) is 18.2 Å². The van der Waals surface area contributed by atoms with Gasteiger partial charge in [-0.1, -0.05) is 54.6 Å². The third-order valence-corrected chi connectivity index (χ3v) is 5.96. The van der Waals surface area contributed by atoms with E-state index in [1.54, 1.807) is 0 Å². The molecule has 24 heavy (non-hydrogen) atoms. The van der Waals surface area contributed by atoms with E-state index in [2.05, 4.69) is 73.5 Å². The minimum Gasteiger partial charge on any atom is -0.365 e. The first-order valence-corrected chi connectivity index (χ1v) is 9.20. The van der Waals surface area contributed by atoms with Crippen LogP contribution in [0.25, 0.3) is 0 Å². The van der Waals surface area contributed by atoms with Crippen LogP contribution in [0.5, 0.6) is 0 Å². The second-order valence-electron chi connectivity index (χ2n) is 7.43. The maximum Gasteiger partial charge on any atom is 0.108 e. The normalized spacial score (nSPS) is 28.0. The van der Waals surface area contributed by atoms with Gasteiger partial charge in [0.2, 0.25) is 0 Å². The summed E-state index contributed by atoms with van der Waals surface area (Å²) in [6.07, 6.45) is 5.41. The summed E-state index contributed by atoms with van der Waals surface area (Å²) in [6, 6.07) is 20.8. The lowest BCUT2D eigenvalue weighted by Gasteiger charge is -2.38. The van der Waals surface area contributed by atoms with Crippen LogP contribution in [-0.4, -0.2) is 30.1 Å². The lowest BCUT2D eigenvalue weighted by atomic mass is 9.95. The first-order chi connectivity index (χ1) is 11.7. The number of hydrogen-bond donors (Lipinski definition) is 0. The summed E-state index contributed by atoms with van der Waals surface area (Å²) in [5.41, 5.74) is 3.87. The van der Waals surface area contributed by atoms with Gasteiger partial charge in [0, 0.05) is 12.1 Å². The van der Waals surface area contributed by atoms with E-state index < -0.39 is 0 Å². The summed E-state index contributed by atoms with van der Waals surface area (Å²) in [6.45, 7) is 2.19. The first kappa shape index (κ1) is 15.9. The molecule has 2 saturated heterocycles. The molecule has 2 fully saturated rings. The van der Waals surface area contributed by atoms with Gasteiger partial charge >= 0.3 is 0 Å². The Morgan fingerprint density at radius 1 is 0.917 bits per heavy atom. The van der Waals surface area contributed by atoms with Gasteiger partial charge in [-0.2, -0.15) is 0 Å². The fraction of sp³-hybridized carbons (Fsp3) is 0.455. The van der Waals surface area contributed by atoms with Crippen molar-refractivity contribution in [2.45, 2.75) is 56.9 Å². The third-order valence-electron chi connectivity index (χ3n) is 5.96. The Balaban J connectivity index is 1.61. The summed E-state index contributed by atoms with van der Waals surface area (Å²) < 4.78 is 6.75. The van der Waals surface area contributed by atoms with E-state index in [0.717, 1.165) is 0 Å². The molecular formula is C22H27NO.